The van der Waals surface area contributed by atoms with Gasteiger partial charge in [0.15, 0.2) is 5.79 Å². The molecule has 1 saturated heterocycles. The Morgan fingerprint density at radius 1 is 1.23 bits per heavy atom. The van der Waals surface area contributed by atoms with Crippen LogP contribution >= 0.6 is 0 Å². The first kappa shape index (κ1) is 8.80. The fraction of sp³-hybridized carbons (Fsp3) is 0.636. The van der Waals surface area contributed by atoms with Crippen LogP contribution in [0.4, 0.5) is 0 Å². The molecular formula is C11H14O2. The van der Waals surface area contributed by atoms with Crippen LogP contribution in [-0.2, 0) is 9.47 Å². The highest BCUT2D eigenvalue weighted by Gasteiger charge is 2.39. The highest BCUT2D eigenvalue weighted by atomic mass is 16.7. The van der Waals surface area contributed by atoms with Gasteiger partial charge in [0.25, 0.3) is 0 Å². The Balaban J connectivity index is 2.16. The molecule has 0 aromatic carbocycles. The van der Waals surface area contributed by atoms with Gasteiger partial charge in [-0.25, -0.2) is 0 Å². The van der Waals surface area contributed by atoms with Gasteiger partial charge in [-0.15, -0.1) is 6.42 Å². The predicted octanol–water partition coefficient (Wildman–Crippen LogP) is 1.72. The van der Waals surface area contributed by atoms with E-state index in [2.05, 4.69) is 12.8 Å². The van der Waals surface area contributed by atoms with E-state index in [-0.39, 0.29) is 5.41 Å². The van der Waals surface area contributed by atoms with Crippen molar-refractivity contribution in [1.82, 2.24) is 0 Å². The number of allylic oxidation sites excluding steroid dienone is 1. The van der Waals surface area contributed by atoms with Crippen LogP contribution in [0.3, 0.4) is 0 Å². The van der Waals surface area contributed by atoms with E-state index in [1.807, 2.05) is 12.2 Å². The quantitative estimate of drug-likeness (QED) is 0.415. The molecule has 2 heteroatoms. The molecule has 0 saturated carbocycles. The molecule has 1 spiro atoms. The van der Waals surface area contributed by atoms with E-state index < -0.39 is 5.79 Å². The molecule has 0 bridgehead atoms. The molecular weight excluding hydrogens is 164 g/mol. The topological polar surface area (TPSA) is 18.5 Å². The van der Waals surface area contributed by atoms with Crippen LogP contribution in [0.25, 0.3) is 0 Å². The minimum absolute atomic E-state index is 0.111. The van der Waals surface area contributed by atoms with Crippen LogP contribution in [0.2, 0.25) is 0 Å². The lowest BCUT2D eigenvalue weighted by atomic mass is 9.80. The van der Waals surface area contributed by atoms with Gasteiger partial charge in [-0.3, -0.25) is 0 Å². The van der Waals surface area contributed by atoms with Gasteiger partial charge in [0, 0.05) is 11.8 Å². The lowest BCUT2D eigenvalue weighted by molar-refractivity contribution is -0.128. The first-order valence-electron chi connectivity index (χ1n) is 4.64. The number of ether oxygens (including phenoxy) is 2. The molecule has 0 N–H and O–H groups in total. The largest absolute Gasteiger partial charge is 0.344 e. The molecule has 13 heavy (non-hydrogen) atoms. The smallest absolute Gasteiger partial charge is 0.188 e. The summed E-state index contributed by atoms with van der Waals surface area (Å²) in [7, 11) is 0. The maximum Gasteiger partial charge on any atom is 0.188 e. The average Bonchev–Trinajstić information content (AvgIpc) is 2.61. The number of hydrogen-bond acceptors (Lipinski definition) is 2. The first-order chi connectivity index (χ1) is 6.18. The van der Waals surface area contributed by atoms with Crippen LogP contribution in [0.15, 0.2) is 12.2 Å². The molecule has 2 nitrogen and oxygen atoms in total. The molecule has 1 fully saturated rings. The van der Waals surface area contributed by atoms with Gasteiger partial charge in [-0.1, -0.05) is 12.0 Å². The van der Waals surface area contributed by atoms with E-state index in [1.54, 1.807) is 0 Å². The minimum Gasteiger partial charge on any atom is -0.344 e. The summed E-state index contributed by atoms with van der Waals surface area (Å²) in [6.45, 7) is 3.44. The zero-order chi connectivity index (χ0) is 9.36. The third kappa shape index (κ3) is 1.50. The summed E-state index contributed by atoms with van der Waals surface area (Å²) >= 11 is 0. The molecule has 70 valence electrons. The highest BCUT2D eigenvalue weighted by Crippen LogP contribution is 2.38. The number of terminal acetylenes is 1. The summed E-state index contributed by atoms with van der Waals surface area (Å²) < 4.78 is 11.1. The molecule has 1 atom stereocenters. The summed E-state index contributed by atoms with van der Waals surface area (Å²) in [6, 6.07) is 0. The molecule has 0 aromatic heterocycles. The van der Waals surface area contributed by atoms with Crippen molar-refractivity contribution in [2.75, 3.05) is 13.2 Å². The van der Waals surface area contributed by atoms with Crippen LogP contribution < -0.4 is 0 Å². The Labute approximate surface area is 78.9 Å². The van der Waals surface area contributed by atoms with Crippen molar-refractivity contribution < 1.29 is 9.47 Å². The second kappa shape index (κ2) is 2.87. The van der Waals surface area contributed by atoms with Crippen LogP contribution in [0.1, 0.15) is 19.8 Å². The SMILES string of the molecule is C#CC1(C)C=CC2(CC1)OCCO2. The van der Waals surface area contributed by atoms with Crippen molar-refractivity contribution in [3.63, 3.8) is 0 Å². The standard InChI is InChI=1S/C11H14O2/c1-3-10(2)4-6-11(7-5-10)12-8-9-13-11/h1,4,6H,5,7-9H2,2H3. The van der Waals surface area contributed by atoms with Gasteiger partial charge < -0.3 is 9.47 Å². The van der Waals surface area contributed by atoms with Crippen LogP contribution in [0, 0.1) is 17.8 Å². The fourth-order valence-corrected chi connectivity index (χ4v) is 1.74. The van der Waals surface area contributed by atoms with Crippen molar-refractivity contribution >= 4 is 0 Å². The molecule has 1 aliphatic heterocycles. The van der Waals surface area contributed by atoms with Crippen LogP contribution in [-0.4, -0.2) is 19.0 Å². The van der Waals surface area contributed by atoms with Crippen molar-refractivity contribution in [3.8, 4) is 12.3 Å². The fourth-order valence-electron chi connectivity index (χ4n) is 1.74. The van der Waals surface area contributed by atoms with Crippen molar-refractivity contribution in [2.45, 2.75) is 25.6 Å². The van der Waals surface area contributed by atoms with E-state index in [0.717, 1.165) is 12.8 Å². The van der Waals surface area contributed by atoms with Crippen molar-refractivity contribution in [1.29, 1.82) is 0 Å². The van der Waals surface area contributed by atoms with E-state index in [9.17, 15) is 0 Å². The van der Waals surface area contributed by atoms with Gasteiger partial charge in [-0.05, 0) is 19.4 Å². The third-order valence-corrected chi connectivity index (χ3v) is 2.80. The normalized spacial score (nSPS) is 36.3. The van der Waals surface area contributed by atoms with E-state index >= 15 is 0 Å². The Kier molecular flexibility index (Phi) is 1.94. The molecule has 1 unspecified atom stereocenters. The van der Waals surface area contributed by atoms with Crippen LogP contribution in [0.5, 0.6) is 0 Å². The van der Waals surface area contributed by atoms with Crippen molar-refractivity contribution in [2.24, 2.45) is 5.41 Å². The lowest BCUT2D eigenvalue weighted by Crippen LogP contribution is -2.33. The van der Waals surface area contributed by atoms with E-state index in [0.29, 0.717) is 13.2 Å². The highest BCUT2D eigenvalue weighted by molar-refractivity contribution is 5.20. The molecule has 0 aromatic rings. The Bertz CT molecular complexity index is 268. The van der Waals surface area contributed by atoms with Gasteiger partial charge in [-0.2, -0.15) is 0 Å². The Morgan fingerprint density at radius 3 is 2.38 bits per heavy atom. The van der Waals surface area contributed by atoms with E-state index in [4.69, 9.17) is 15.9 Å². The molecule has 1 aliphatic carbocycles. The summed E-state index contributed by atoms with van der Waals surface area (Å²) in [5.41, 5.74) is -0.111. The first-order valence-corrected chi connectivity index (χ1v) is 4.64. The molecule has 1 heterocycles. The lowest BCUT2D eigenvalue weighted by Gasteiger charge is -2.33. The summed E-state index contributed by atoms with van der Waals surface area (Å²) in [4.78, 5) is 0. The second-order valence-electron chi connectivity index (χ2n) is 3.90. The summed E-state index contributed by atoms with van der Waals surface area (Å²) in [5, 5.41) is 0. The molecule has 0 radical (unpaired) electrons. The van der Waals surface area contributed by atoms with Gasteiger partial charge in [0.05, 0.1) is 13.2 Å². The van der Waals surface area contributed by atoms with Gasteiger partial charge >= 0.3 is 0 Å². The number of hydrogen-bond donors (Lipinski definition) is 0. The van der Waals surface area contributed by atoms with E-state index in [1.165, 1.54) is 0 Å². The monoisotopic (exact) mass is 178 g/mol. The predicted molar refractivity (Wildman–Crippen MR) is 49.9 cm³/mol. The maximum absolute atomic E-state index is 5.54. The Hall–Kier alpha value is -0.780. The summed E-state index contributed by atoms with van der Waals surface area (Å²) in [5.74, 6) is 2.34. The van der Waals surface area contributed by atoms with Gasteiger partial charge in [0.1, 0.15) is 0 Å². The number of rotatable bonds is 0. The van der Waals surface area contributed by atoms with Crippen molar-refractivity contribution in [3.05, 3.63) is 12.2 Å². The third-order valence-electron chi connectivity index (χ3n) is 2.80. The second-order valence-corrected chi connectivity index (χ2v) is 3.90. The van der Waals surface area contributed by atoms with Gasteiger partial charge in [0.2, 0.25) is 0 Å². The molecule has 0 amide bonds. The minimum atomic E-state index is -0.448. The zero-order valence-electron chi connectivity index (χ0n) is 7.88. The zero-order valence-corrected chi connectivity index (χ0v) is 7.88. The Morgan fingerprint density at radius 2 is 1.92 bits per heavy atom. The maximum atomic E-state index is 5.54. The average molecular weight is 178 g/mol. The molecule has 2 rings (SSSR count). The molecule has 2 aliphatic rings. The summed E-state index contributed by atoms with van der Waals surface area (Å²) in [6.07, 6.45) is 11.2.